The Hall–Kier alpha value is -1.77. The Bertz CT molecular complexity index is 434. The third-order valence-corrected chi connectivity index (χ3v) is 3.17. The molecule has 1 fully saturated rings. The number of hydrogen-bond acceptors (Lipinski definition) is 3. The van der Waals surface area contributed by atoms with Gasteiger partial charge in [0, 0.05) is 24.3 Å². The summed E-state index contributed by atoms with van der Waals surface area (Å²) in [5, 5.41) is 0. The fourth-order valence-electron chi connectivity index (χ4n) is 2.17. The van der Waals surface area contributed by atoms with E-state index in [0.717, 1.165) is 24.3 Å². The molecule has 1 aromatic carbocycles. The van der Waals surface area contributed by atoms with Crippen LogP contribution in [0.1, 0.15) is 18.4 Å². The second-order valence-corrected chi connectivity index (χ2v) is 4.18. The van der Waals surface area contributed by atoms with Crippen molar-refractivity contribution in [3.05, 3.63) is 30.3 Å². The number of aliphatic imine (C=N–C) groups is 1. The van der Waals surface area contributed by atoms with Gasteiger partial charge in [0.1, 0.15) is 5.76 Å². The van der Waals surface area contributed by atoms with Crippen molar-refractivity contribution in [1.29, 1.82) is 0 Å². The number of nitrogens with zero attached hydrogens (tertiary/aromatic N) is 2. The molecule has 90 valence electrons. The van der Waals surface area contributed by atoms with Crippen LogP contribution in [0.5, 0.6) is 0 Å². The highest BCUT2D eigenvalue weighted by molar-refractivity contribution is 5.74. The summed E-state index contributed by atoms with van der Waals surface area (Å²) in [5.74, 6) is 0.633. The lowest BCUT2D eigenvalue weighted by atomic mass is 10.1. The number of benzene rings is 1. The molecule has 1 aliphatic heterocycles. The first-order chi connectivity index (χ1) is 8.26. The largest absolute Gasteiger partial charge is 0.497 e. The highest BCUT2D eigenvalue weighted by Crippen LogP contribution is 2.31. The Morgan fingerprint density at radius 1 is 1.35 bits per heavy atom. The van der Waals surface area contributed by atoms with Gasteiger partial charge in [-0.25, -0.2) is 0 Å². The average molecular weight is 230 g/mol. The molecule has 1 heterocycles. The lowest BCUT2D eigenvalue weighted by molar-refractivity contribution is 0.371. The fraction of sp³-hybridized carbons (Fsp3) is 0.357. The number of hydrogen-bond donors (Lipinski definition) is 0. The second-order valence-electron chi connectivity index (χ2n) is 4.18. The van der Waals surface area contributed by atoms with E-state index in [1.165, 1.54) is 18.5 Å². The summed E-state index contributed by atoms with van der Waals surface area (Å²) in [7, 11) is 1.62. The van der Waals surface area contributed by atoms with Crippen molar-refractivity contribution >= 4 is 23.9 Å². The van der Waals surface area contributed by atoms with Crippen molar-refractivity contribution in [2.24, 2.45) is 4.99 Å². The monoisotopic (exact) mass is 230 g/mol. The molecular formula is C14H18N2O. The van der Waals surface area contributed by atoms with Crippen molar-refractivity contribution < 1.29 is 4.74 Å². The lowest BCUT2D eigenvalue weighted by Crippen LogP contribution is -2.17. The maximum Gasteiger partial charge on any atom is 0.121 e. The number of ether oxygens (including phenoxy) is 1. The molecule has 1 aromatic rings. The number of rotatable bonds is 4. The Morgan fingerprint density at radius 2 is 2.06 bits per heavy atom. The van der Waals surface area contributed by atoms with Crippen LogP contribution >= 0.6 is 0 Å². The normalized spacial score (nSPS) is 14.8. The number of methoxy groups -OCH3 is 1. The third kappa shape index (κ3) is 2.33. The first-order valence-corrected chi connectivity index (χ1v) is 5.85. The van der Waals surface area contributed by atoms with E-state index in [9.17, 15) is 0 Å². The summed E-state index contributed by atoms with van der Waals surface area (Å²) in [6, 6.07) is 6.14. The van der Waals surface area contributed by atoms with E-state index < -0.39 is 0 Å². The van der Waals surface area contributed by atoms with Gasteiger partial charge >= 0.3 is 0 Å². The van der Waals surface area contributed by atoms with Gasteiger partial charge in [0.05, 0.1) is 12.8 Å². The SMILES string of the molecule is C=Nc1ccc(N2CCCC2)cc1C(=C)OC. The molecule has 0 radical (unpaired) electrons. The van der Waals surface area contributed by atoms with Gasteiger partial charge in [0.2, 0.25) is 0 Å². The molecule has 17 heavy (non-hydrogen) atoms. The maximum absolute atomic E-state index is 5.20. The maximum atomic E-state index is 5.20. The molecule has 0 spiro atoms. The van der Waals surface area contributed by atoms with Gasteiger partial charge in [-0.2, -0.15) is 0 Å². The molecule has 0 aliphatic carbocycles. The third-order valence-electron chi connectivity index (χ3n) is 3.17. The van der Waals surface area contributed by atoms with E-state index in [-0.39, 0.29) is 0 Å². The van der Waals surface area contributed by atoms with Gasteiger partial charge in [-0.15, -0.1) is 0 Å². The molecule has 0 aromatic heterocycles. The van der Waals surface area contributed by atoms with Crippen LogP contribution in [0, 0.1) is 0 Å². The molecular weight excluding hydrogens is 212 g/mol. The summed E-state index contributed by atoms with van der Waals surface area (Å²) < 4.78 is 5.20. The minimum absolute atomic E-state index is 0.633. The van der Waals surface area contributed by atoms with Crippen LogP contribution in [0.15, 0.2) is 29.8 Å². The summed E-state index contributed by atoms with van der Waals surface area (Å²) in [6.07, 6.45) is 2.53. The highest BCUT2D eigenvalue weighted by atomic mass is 16.5. The van der Waals surface area contributed by atoms with E-state index in [1.54, 1.807) is 7.11 Å². The van der Waals surface area contributed by atoms with Crippen molar-refractivity contribution in [2.45, 2.75) is 12.8 Å². The average Bonchev–Trinajstić information content (AvgIpc) is 2.91. The molecule has 0 N–H and O–H groups in total. The molecule has 0 saturated carbocycles. The van der Waals surface area contributed by atoms with E-state index in [2.05, 4.69) is 35.3 Å². The topological polar surface area (TPSA) is 24.8 Å². The van der Waals surface area contributed by atoms with Crippen molar-refractivity contribution in [3.8, 4) is 0 Å². The number of anilines is 1. The van der Waals surface area contributed by atoms with Gasteiger partial charge in [0.25, 0.3) is 0 Å². The molecule has 0 unspecified atom stereocenters. The van der Waals surface area contributed by atoms with Gasteiger partial charge < -0.3 is 9.64 Å². The Labute approximate surface area is 102 Å². The van der Waals surface area contributed by atoms with Gasteiger partial charge in [-0.3, -0.25) is 4.99 Å². The summed E-state index contributed by atoms with van der Waals surface area (Å²) in [4.78, 5) is 6.37. The van der Waals surface area contributed by atoms with Crippen LogP contribution in [0.4, 0.5) is 11.4 Å². The molecule has 3 nitrogen and oxygen atoms in total. The van der Waals surface area contributed by atoms with Crippen LogP contribution in [0.25, 0.3) is 5.76 Å². The smallest absolute Gasteiger partial charge is 0.121 e. The van der Waals surface area contributed by atoms with Gasteiger partial charge in [0.15, 0.2) is 0 Å². The second kappa shape index (κ2) is 5.04. The first kappa shape index (κ1) is 11.7. The van der Waals surface area contributed by atoms with Crippen LogP contribution in [-0.4, -0.2) is 26.9 Å². The van der Waals surface area contributed by atoms with Gasteiger partial charge in [-0.1, -0.05) is 6.58 Å². The molecule has 0 amide bonds. The standard InChI is InChI=1S/C14H18N2O/c1-11(17-3)13-10-12(6-7-14(13)15-2)16-8-4-5-9-16/h6-7,10H,1-2,4-5,8-9H2,3H3. The van der Waals surface area contributed by atoms with Crippen molar-refractivity contribution in [1.82, 2.24) is 0 Å². The highest BCUT2D eigenvalue weighted by Gasteiger charge is 2.14. The Morgan fingerprint density at radius 3 is 2.65 bits per heavy atom. The van der Waals surface area contributed by atoms with Crippen molar-refractivity contribution in [2.75, 3.05) is 25.1 Å². The zero-order chi connectivity index (χ0) is 12.3. The Balaban J connectivity index is 2.36. The Kier molecular flexibility index (Phi) is 3.47. The summed E-state index contributed by atoms with van der Waals surface area (Å²) in [5.41, 5.74) is 2.95. The minimum atomic E-state index is 0.633. The van der Waals surface area contributed by atoms with Crippen LogP contribution in [-0.2, 0) is 4.74 Å². The molecule has 1 aliphatic rings. The predicted molar refractivity (Wildman–Crippen MR) is 73.1 cm³/mol. The summed E-state index contributed by atoms with van der Waals surface area (Å²) in [6.45, 7) is 9.72. The zero-order valence-electron chi connectivity index (χ0n) is 10.3. The lowest BCUT2D eigenvalue weighted by Gasteiger charge is -2.19. The van der Waals surface area contributed by atoms with E-state index >= 15 is 0 Å². The van der Waals surface area contributed by atoms with Crippen LogP contribution in [0.2, 0.25) is 0 Å². The molecule has 1 saturated heterocycles. The fourth-order valence-corrected chi connectivity index (χ4v) is 2.17. The quantitative estimate of drug-likeness (QED) is 0.586. The molecule has 2 rings (SSSR count). The first-order valence-electron chi connectivity index (χ1n) is 5.85. The zero-order valence-corrected chi connectivity index (χ0v) is 10.3. The van der Waals surface area contributed by atoms with E-state index in [4.69, 9.17) is 4.74 Å². The molecule has 0 bridgehead atoms. The summed E-state index contributed by atoms with van der Waals surface area (Å²) >= 11 is 0. The van der Waals surface area contributed by atoms with E-state index in [1.807, 2.05) is 6.07 Å². The minimum Gasteiger partial charge on any atom is -0.497 e. The molecule has 3 heteroatoms. The van der Waals surface area contributed by atoms with Crippen LogP contribution < -0.4 is 4.90 Å². The predicted octanol–water partition coefficient (Wildman–Crippen LogP) is 3.24. The molecule has 0 atom stereocenters. The van der Waals surface area contributed by atoms with Crippen molar-refractivity contribution in [3.63, 3.8) is 0 Å². The van der Waals surface area contributed by atoms with Gasteiger partial charge in [-0.05, 0) is 37.8 Å². The van der Waals surface area contributed by atoms with Crippen LogP contribution in [0.3, 0.4) is 0 Å². The van der Waals surface area contributed by atoms with E-state index in [0.29, 0.717) is 5.76 Å².